The van der Waals surface area contributed by atoms with E-state index in [1.807, 2.05) is 24.3 Å². The number of halogens is 1. The zero-order valence-electron chi connectivity index (χ0n) is 8.69. The normalized spacial score (nSPS) is 23.7. The van der Waals surface area contributed by atoms with Crippen molar-refractivity contribution in [2.45, 2.75) is 6.42 Å². The first kappa shape index (κ1) is 10.00. The zero-order valence-corrected chi connectivity index (χ0v) is 9.44. The van der Waals surface area contributed by atoms with Crippen molar-refractivity contribution in [3.63, 3.8) is 0 Å². The monoisotopic (exact) mass is 234 g/mol. The first-order valence-electron chi connectivity index (χ1n) is 5.32. The number of nitrogens with zero attached hydrogens (tertiary/aromatic N) is 2. The van der Waals surface area contributed by atoms with Crippen molar-refractivity contribution >= 4 is 23.0 Å². The first-order chi connectivity index (χ1) is 7.84. The van der Waals surface area contributed by atoms with Gasteiger partial charge in [-0.2, -0.15) is 10.2 Å². The van der Waals surface area contributed by atoms with E-state index in [0.29, 0.717) is 6.61 Å². The Bertz CT molecular complexity index is 464. The van der Waals surface area contributed by atoms with Gasteiger partial charge >= 0.3 is 0 Å². The van der Waals surface area contributed by atoms with Gasteiger partial charge in [-0.05, 0) is 17.7 Å². The summed E-state index contributed by atoms with van der Waals surface area (Å²) in [4.78, 5) is 0. The highest BCUT2D eigenvalue weighted by Crippen LogP contribution is 2.24. The Morgan fingerprint density at radius 1 is 1.19 bits per heavy atom. The smallest absolute Gasteiger partial charge is 0.0813 e. The average Bonchev–Trinajstić information content (AvgIpc) is 2.74. The molecule has 0 spiro atoms. The second kappa shape index (κ2) is 4.00. The minimum atomic E-state index is 0.245. The van der Waals surface area contributed by atoms with Crippen LogP contribution in [0.4, 0.5) is 0 Å². The molecule has 0 N–H and O–H groups in total. The zero-order chi connectivity index (χ0) is 11.0. The Morgan fingerprint density at radius 3 is 2.81 bits per heavy atom. The SMILES string of the molecule is Clc1ccc(C2=NN=C3CCOCC32)cc1. The highest BCUT2D eigenvalue weighted by Gasteiger charge is 2.30. The minimum absolute atomic E-state index is 0.245. The van der Waals surface area contributed by atoms with Gasteiger partial charge in [0.2, 0.25) is 0 Å². The van der Waals surface area contributed by atoms with E-state index in [2.05, 4.69) is 10.2 Å². The summed E-state index contributed by atoms with van der Waals surface area (Å²) >= 11 is 5.86. The largest absolute Gasteiger partial charge is 0.380 e. The fourth-order valence-electron chi connectivity index (χ4n) is 2.07. The Balaban J connectivity index is 1.89. The fourth-order valence-corrected chi connectivity index (χ4v) is 2.20. The number of hydrogen-bond acceptors (Lipinski definition) is 3. The van der Waals surface area contributed by atoms with Gasteiger partial charge in [0.25, 0.3) is 0 Å². The minimum Gasteiger partial charge on any atom is -0.380 e. The van der Waals surface area contributed by atoms with Crippen LogP contribution in [0.5, 0.6) is 0 Å². The van der Waals surface area contributed by atoms with Crippen LogP contribution in [-0.2, 0) is 4.74 Å². The van der Waals surface area contributed by atoms with Crippen molar-refractivity contribution in [3.05, 3.63) is 34.9 Å². The van der Waals surface area contributed by atoms with Crippen molar-refractivity contribution in [1.29, 1.82) is 0 Å². The fraction of sp³-hybridized carbons (Fsp3) is 0.333. The van der Waals surface area contributed by atoms with Crippen LogP contribution in [-0.4, -0.2) is 24.6 Å². The maximum atomic E-state index is 5.86. The van der Waals surface area contributed by atoms with Gasteiger partial charge in [-0.25, -0.2) is 0 Å². The van der Waals surface area contributed by atoms with Gasteiger partial charge in [-0.3, -0.25) is 0 Å². The van der Waals surface area contributed by atoms with E-state index in [0.717, 1.165) is 35.0 Å². The number of hydrogen-bond donors (Lipinski definition) is 0. The molecule has 3 nitrogen and oxygen atoms in total. The molecule has 0 aliphatic carbocycles. The molecule has 0 amide bonds. The van der Waals surface area contributed by atoms with Gasteiger partial charge in [0, 0.05) is 11.4 Å². The molecule has 2 aliphatic heterocycles. The molecule has 1 unspecified atom stereocenters. The lowest BCUT2D eigenvalue weighted by Gasteiger charge is -2.20. The highest BCUT2D eigenvalue weighted by molar-refractivity contribution is 6.30. The summed E-state index contributed by atoms with van der Waals surface area (Å²) in [6.07, 6.45) is 0.894. The molecule has 16 heavy (non-hydrogen) atoms. The number of rotatable bonds is 1. The van der Waals surface area contributed by atoms with Crippen LogP contribution < -0.4 is 0 Å². The van der Waals surface area contributed by atoms with Crippen molar-refractivity contribution in [2.24, 2.45) is 16.1 Å². The Morgan fingerprint density at radius 2 is 2.00 bits per heavy atom. The van der Waals surface area contributed by atoms with E-state index < -0.39 is 0 Å². The van der Waals surface area contributed by atoms with Gasteiger partial charge in [-0.15, -0.1) is 0 Å². The molecule has 82 valence electrons. The van der Waals surface area contributed by atoms with Crippen LogP contribution in [0.15, 0.2) is 34.5 Å². The predicted octanol–water partition coefficient (Wildman–Crippen LogP) is 2.54. The Kier molecular flexibility index (Phi) is 2.50. The van der Waals surface area contributed by atoms with E-state index in [9.17, 15) is 0 Å². The Hall–Kier alpha value is -1.19. The van der Waals surface area contributed by atoms with Crippen LogP contribution in [0.25, 0.3) is 0 Å². The molecule has 0 bridgehead atoms. The summed E-state index contributed by atoms with van der Waals surface area (Å²) in [7, 11) is 0. The molecule has 1 atom stereocenters. The summed E-state index contributed by atoms with van der Waals surface area (Å²) in [6.45, 7) is 1.46. The molecule has 4 heteroatoms. The molecule has 3 rings (SSSR count). The summed E-state index contributed by atoms with van der Waals surface area (Å²) in [5.74, 6) is 0.245. The van der Waals surface area contributed by atoms with Crippen LogP contribution in [0.1, 0.15) is 12.0 Å². The lowest BCUT2D eigenvalue weighted by molar-refractivity contribution is 0.122. The van der Waals surface area contributed by atoms with E-state index in [-0.39, 0.29) is 5.92 Å². The molecule has 1 aromatic carbocycles. The third-order valence-electron chi connectivity index (χ3n) is 2.95. The summed E-state index contributed by atoms with van der Waals surface area (Å²) in [5, 5.41) is 9.23. The number of benzene rings is 1. The average molecular weight is 235 g/mol. The van der Waals surface area contributed by atoms with Crippen LogP contribution in [0.2, 0.25) is 5.02 Å². The summed E-state index contributed by atoms with van der Waals surface area (Å²) < 4.78 is 5.47. The molecule has 1 saturated heterocycles. The van der Waals surface area contributed by atoms with Crippen molar-refractivity contribution < 1.29 is 4.74 Å². The molecule has 1 aromatic rings. The topological polar surface area (TPSA) is 34.0 Å². The van der Waals surface area contributed by atoms with E-state index in [1.165, 1.54) is 0 Å². The van der Waals surface area contributed by atoms with Gasteiger partial charge in [-0.1, -0.05) is 23.7 Å². The summed E-state index contributed by atoms with van der Waals surface area (Å²) in [5.41, 5.74) is 3.24. The van der Waals surface area contributed by atoms with Crippen molar-refractivity contribution in [3.8, 4) is 0 Å². The van der Waals surface area contributed by atoms with Gasteiger partial charge in [0.15, 0.2) is 0 Å². The third-order valence-corrected chi connectivity index (χ3v) is 3.20. The van der Waals surface area contributed by atoms with Crippen LogP contribution in [0.3, 0.4) is 0 Å². The molecule has 0 saturated carbocycles. The molecular weight excluding hydrogens is 224 g/mol. The molecule has 0 aromatic heterocycles. The van der Waals surface area contributed by atoms with Crippen LogP contribution >= 0.6 is 11.6 Å². The second-order valence-electron chi connectivity index (χ2n) is 3.96. The lowest BCUT2D eigenvalue weighted by atomic mass is 9.91. The second-order valence-corrected chi connectivity index (χ2v) is 4.40. The van der Waals surface area contributed by atoms with Gasteiger partial charge in [0.05, 0.1) is 30.6 Å². The number of ether oxygens (including phenoxy) is 1. The van der Waals surface area contributed by atoms with E-state index in [1.54, 1.807) is 0 Å². The molecule has 2 heterocycles. The highest BCUT2D eigenvalue weighted by atomic mass is 35.5. The van der Waals surface area contributed by atoms with Crippen molar-refractivity contribution in [2.75, 3.05) is 13.2 Å². The van der Waals surface area contributed by atoms with E-state index >= 15 is 0 Å². The predicted molar refractivity (Wildman–Crippen MR) is 64.4 cm³/mol. The standard InChI is InChI=1S/C12H11ClN2O/c13-9-3-1-8(2-4-9)12-10-7-16-6-5-11(10)14-15-12/h1-4,10H,5-7H2. The first-order valence-corrected chi connectivity index (χ1v) is 5.70. The van der Waals surface area contributed by atoms with Crippen LogP contribution in [0, 0.1) is 5.92 Å². The summed E-state index contributed by atoms with van der Waals surface area (Å²) in [6, 6.07) is 7.71. The quantitative estimate of drug-likeness (QED) is 0.735. The van der Waals surface area contributed by atoms with Gasteiger partial charge in [0.1, 0.15) is 0 Å². The lowest BCUT2D eigenvalue weighted by Crippen LogP contribution is -2.31. The third kappa shape index (κ3) is 1.66. The molecule has 2 aliphatic rings. The number of fused-ring (bicyclic) bond motifs is 1. The molecular formula is C12H11ClN2O. The maximum Gasteiger partial charge on any atom is 0.0813 e. The molecule has 1 fully saturated rings. The van der Waals surface area contributed by atoms with Crippen molar-refractivity contribution in [1.82, 2.24) is 0 Å². The maximum absolute atomic E-state index is 5.86. The van der Waals surface area contributed by atoms with Gasteiger partial charge < -0.3 is 4.74 Å². The Labute approximate surface area is 98.8 Å². The van der Waals surface area contributed by atoms with E-state index in [4.69, 9.17) is 16.3 Å². The molecule has 0 radical (unpaired) electrons.